The fraction of sp³-hybridized carbons (Fsp3) is 0.379. The predicted molar refractivity (Wildman–Crippen MR) is 153 cm³/mol. The van der Waals surface area contributed by atoms with Crippen molar-refractivity contribution in [2.24, 2.45) is 5.92 Å². The van der Waals surface area contributed by atoms with Gasteiger partial charge in [-0.05, 0) is 42.2 Å². The van der Waals surface area contributed by atoms with Gasteiger partial charge in [-0.3, -0.25) is 14.4 Å². The van der Waals surface area contributed by atoms with Gasteiger partial charge in [0.15, 0.2) is 16.6 Å². The summed E-state index contributed by atoms with van der Waals surface area (Å²) in [5, 5.41) is 4.93. The second kappa shape index (κ2) is 14.3. The molecule has 1 heterocycles. The summed E-state index contributed by atoms with van der Waals surface area (Å²) in [5.41, 5.74) is 2.15. The summed E-state index contributed by atoms with van der Waals surface area (Å²) in [6.45, 7) is 4.90. The van der Waals surface area contributed by atoms with Crippen LogP contribution in [0.5, 0.6) is 11.5 Å². The Bertz CT molecular complexity index is 1260. The molecule has 1 aromatic heterocycles. The number of nitrogens with zero attached hydrogens (tertiary/aromatic N) is 3. The summed E-state index contributed by atoms with van der Waals surface area (Å²) in [6.07, 6.45) is 0.788. The van der Waals surface area contributed by atoms with E-state index in [1.54, 1.807) is 60.7 Å². The second-order valence-electron chi connectivity index (χ2n) is 9.57. The number of anilines is 1. The Hall–Kier alpha value is -3.92. The zero-order chi connectivity index (χ0) is 28.4. The first-order valence-electron chi connectivity index (χ1n) is 12.7. The van der Waals surface area contributed by atoms with Gasteiger partial charge in [0.25, 0.3) is 5.91 Å². The number of ether oxygens (including phenoxy) is 2. The van der Waals surface area contributed by atoms with Crippen molar-refractivity contribution >= 4 is 34.2 Å². The Kier molecular flexibility index (Phi) is 10.9. The van der Waals surface area contributed by atoms with Crippen molar-refractivity contribution in [2.75, 3.05) is 46.2 Å². The van der Waals surface area contributed by atoms with Crippen LogP contribution in [0.25, 0.3) is 0 Å². The van der Waals surface area contributed by atoms with Crippen molar-refractivity contribution in [3.63, 3.8) is 0 Å². The van der Waals surface area contributed by atoms with Gasteiger partial charge in [-0.15, -0.1) is 11.3 Å². The predicted octanol–water partition coefficient (Wildman–Crippen LogP) is 4.14. The lowest BCUT2D eigenvalue weighted by Crippen LogP contribution is -2.40. The Labute approximate surface area is 233 Å². The van der Waals surface area contributed by atoms with Gasteiger partial charge in [0, 0.05) is 31.1 Å². The minimum Gasteiger partial charge on any atom is -0.493 e. The number of nitrogens with one attached hydrogen (secondary N) is 1. The van der Waals surface area contributed by atoms with Crippen LogP contribution in [0.4, 0.5) is 5.13 Å². The summed E-state index contributed by atoms with van der Waals surface area (Å²) >= 11 is 1.25. The van der Waals surface area contributed by atoms with E-state index in [0.717, 1.165) is 5.56 Å². The molecule has 0 aliphatic heterocycles. The molecule has 0 saturated heterocycles. The van der Waals surface area contributed by atoms with Crippen molar-refractivity contribution < 1.29 is 23.9 Å². The van der Waals surface area contributed by atoms with Gasteiger partial charge in [-0.1, -0.05) is 38.1 Å². The summed E-state index contributed by atoms with van der Waals surface area (Å²) in [7, 11) is 4.94. The largest absolute Gasteiger partial charge is 0.493 e. The molecule has 9 nitrogen and oxygen atoms in total. The fourth-order valence-corrected chi connectivity index (χ4v) is 4.68. The summed E-state index contributed by atoms with van der Waals surface area (Å²) < 4.78 is 10.6. The number of aromatic nitrogens is 1. The molecule has 0 saturated carbocycles. The molecule has 3 rings (SSSR count). The Morgan fingerprint density at radius 1 is 1.03 bits per heavy atom. The van der Waals surface area contributed by atoms with E-state index in [2.05, 4.69) is 10.3 Å². The number of thiazole rings is 1. The monoisotopic (exact) mass is 552 g/mol. The molecule has 208 valence electrons. The highest BCUT2D eigenvalue weighted by Crippen LogP contribution is 2.27. The van der Waals surface area contributed by atoms with E-state index in [0.29, 0.717) is 47.4 Å². The third-order valence-electron chi connectivity index (χ3n) is 5.97. The maximum Gasteiger partial charge on any atom is 0.254 e. The highest BCUT2D eigenvalue weighted by atomic mass is 32.1. The number of carbonyl (C=O) groups excluding carboxylic acids is 3. The first-order chi connectivity index (χ1) is 18.7. The SMILES string of the molecule is COc1ccc(CCN(C)C(=O)Cc2csc(NC(=O)CN(CC(C)C)C(=O)c3ccccc3)n2)cc1OC. The maximum atomic E-state index is 12.9. The molecule has 0 aliphatic rings. The molecule has 0 atom stereocenters. The Morgan fingerprint density at radius 3 is 2.41 bits per heavy atom. The molecule has 3 amide bonds. The van der Waals surface area contributed by atoms with Crippen LogP contribution in [0, 0.1) is 5.92 Å². The number of methoxy groups -OCH3 is 2. The van der Waals surface area contributed by atoms with Crippen LogP contribution in [-0.4, -0.2) is 73.4 Å². The number of likely N-dealkylation sites (N-methyl/N-ethyl adjacent to an activating group) is 1. The van der Waals surface area contributed by atoms with E-state index in [-0.39, 0.29) is 36.6 Å². The third kappa shape index (κ3) is 8.81. The molecular formula is C29H36N4O5S. The summed E-state index contributed by atoms with van der Waals surface area (Å²) in [6, 6.07) is 14.6. The molecule has 39 heavy (non-hydrogen) atoms. The van der Waals surface area contributed by atoms with Crippen LogP contribution in [0.1, 0.15) is 35.5 Å². The smallest absolute Gasteiger partial charge is 0.254 e. The third-order valence-corrected chi connectivity index (χ3v) is 6.77. The minimum absolute atomic E-state index is 0.0739. The van der Waals surface area contributed by atoms with Crippen molar-refractivity contribution in [2.45, 2.75) is 26.7 Å². The van der Waals surface area contributed by atoms with Gasteiger partial charge in [0.05, 0.1) is 26.3 Å². The van der Waals surface area contributed by atoms with Crippen LogP contribution in [0.3, 0.4) is 0 Å². The first kappa shape index (κ1) is 29.6. The maximum absolute atomic E-state index is 12.9. The zero-order valence-corrected chi connectivity index (χ0v) is 23.9. The lowest BCUT2D eigenvalue weighted by Gasteiger charge is -2.24. The van der Waals surface area contributed by atoms with Gasteiger partial charge < -0.3 is 24.6 Å². The number of amides is 3. The molecule has 0 spiro atoms. The van der Waals surface area contributed by atoms with E-state index in [4.69, 9.17) is 9.47 Å². The van der Waals surface area contributed by atoms with Crippen molar-refractivity contribution in [3.05, 3.63) is 70.7 Å². The molecule has 0 unspecified atom stereocenters. The molecule has 0 aliphatic carbocycles. The average molecular weight is 553 g/mol. The van der Waals surface area contributed by atoms with Crippen molar-refractivity contribution in [1.82, 2.24) is 14.8 Å². The van der Waals surface area contributed by atoms with Gasteiger partial charge in [-0.2, -0.15) is 0 Å². The summed E-state index contributed by atoms with van der Waals surface area (Å²) in [4.78, 5) is 46.1. The van der Waals surface area contributed by atoms with Crippen molar-refractivity contribution in [1.29, 1.82) is 0 Å². The van der Waals surface area contributed by atoms with E-state index in [9.17, 15) is 14.4 Å². The number of carbonyl (C=O) groups is 3. The lowest BCUT2D eigenvalue weighted by molar-refractivity contribution is -0.129. The van der Waals surface area contributed by atoms with Crippen molar-refractivity contribution in [3.8, 4) is 11.5 Å². The Morgan fingerprint density at radius 2 is 1.74 bits per heavy atom. The normalized spacial score (nSPS) is 10.7. The second-order valence-corrected chi connectivity index (χ2v) is 10.4. The number of hydrogen-bond donors (Lipinski definition) is 1. The molecule has 3 aromatic rings. The number of rotatable bonds is 13. The van der Waals surface area contributed by atoms with Gasteiger partial charge >= 0.3 is 0 Å². The summed E-state index contributed by atoms with van der Waals surface area (Å²) in [5.74, 6) is 0.910. The van der Waals surface area contributed by atoms with Crippen LogP contribution >= 0.6 is 11.3 Å². The first-order valence-corrected chi connectivity index (χ1v) is 13.6. The van der Waals surface area contributed by atoms with Crippen LogP contribution < -0.4 is 14.8 Å². The molecule has 0 bridgehead atoms. The molecule has 1 N–H and O–H groups in total. The topological polar surface area (TPSA) is 101 Å². The van der Waals surface area contributed by atoms with Gasteiger partial charge in [-0.25, -0.2) is 4.98 Å². The van der Waals surface area contributed by atoms with E-state index in [1.165, 1.54) is 11.3 Å². The molecule has 2 aromatic carbocycles. The fourth-order valence-electron chi connectivity index (χ4n) is 3.95. The standard InChI is InChI=1S/C29H36N4O5S/c1-20(2)17-33(28(36)22-9-7-6-8-10-22)18-26(34)31-29-30-23(19-39-29)16-27(35)32(3)14-13-21-11-12-24(37-4)25(15-21)38-5/h6-12,15,19-20H,13-14,16-18H2,1-5H3,(H,30,31,34). The van der Waals surface area contributed by atoms with Crippen LogP contribution in [0.15, 0.2) is 53.9 Å². The molecule has 0 radical (unpaired) electrons. The van der Waals surface area contributed by atoms with Gasteiger partial charge in [0.2, 0.25) is 11.8 Å². The van der Waals surface area contributed by atoms with E-state index >= 15 is 0 Å². The van der Waals surface area contributed by atoms with Gasteiger partial charge in [0.1, 0.15) is 6.54 Å². The van der Waals surface area contributed by atoms with E-state index in [1.807, 2.05) is 38.1 Å². The molecule has 0 fully saturated rings. The number of benzene rings is 2. The van der Waals surface area contributed by atoms with E-state index < -0.39 is 0 Å². The number of hydrogen-bond acceptors (Lipinski definition) is 7. The lowest BCUT2D eigenvalue weighted by atomic mass is 10.1. The minimum atomic E-state index is -0.334. The highest BCUT2D eigenvalue weighted by Gasteiger charge is 2.21. The molecule has 10 heteroatoms. The van der Waals surface area contributed by atoms with Crippen LogP contribution in [0.2, 0.25) is 0 Å². The van der Waals surface area contributed by atoms with Crippen LogP contribution in [-0.2, 0) is 22.4 Å². The quantitative estimate of drug-likeness (QED) is 0.342. The Balaban J connectivity index is 1.52. The zero-order valence-electron chi connectivity index (χ0n) is 23.1. The highest BCUT2D eigenvalue weighted by molar-refractivity contribution is 7.13. The molecular weight excluding hydrogens is 516 g/mol. The average Bonchev–Trinajstić information content (AvgIpc) is 3.36.